The van der Waals surface area contributed by atoms with Crippen LogP contribution in [0.15, 0.2) is 30.3 Å². The van der Waals surface area contributed by atoms with Gasteiger partial charge in [-0.15, -0.1) is 0 Å². The summed E-state index contributed by atoms with van der Waals surface area (Å²) in [5.41, 5.74) is -1.08. The molecule has 0 atom stereocenters. The van der Waals surface area contributed by atoms with E-state index in [1.165, 1.54) is 0 Å². The molecular formula is C12H5ClF5NO. The Morgan fingerprint density at radius 2 is 1.55 bits per heavy atom. The van der Waals surface area contributed by atoms with Crippen LogP contribution in [0.3, 0.4) is 0 Å². The molecule has 0 bridgehead atoms. The summed E-state index contributed by atoms with van der Waals surface area (Å²) in [6.45, 7) is 0. The van der Waals surface area contributed by atoms with Gasteiger partial charge in [0.2, 0.25) is 5.88 Å². The Morgan fingerprint density at radius 1 is 0.950 bits per heavy atom. The van der Waals surface area contributed by atoms with Gasteiger partial charge in [-0.25, -0.2) is 13.8 Å². The van der Waals surface area contributed by atoms with E-state index in [2.05, 4.69) is 4.98 Å². The summed E-state index contributed by atoms with van der Waals surface area (Å²) in [7, 11) is 0. The van der Waals surface area contributed by atoms with Crippen molar-refractivity contribution in [1.29, 1.82) is 0 Å². The summed E-state index contributed by atoms with van der Waals surface area (Å²) in [5, 5.41) is -0.452. The highest BCUT2D eigenvalue weighted by molar-refractivity contribution is 6.29. The van der Waals surface area contributed by atoms with Crippen molar-refractivity contribution in [2.45, 2.75) is 6.18 Å². The normalized spacial score (nSPS) is 11.5. The van der Waals surface area contributed by atoms with Crippen LogP contribution in [0.25, 0.3) is 0 Å². The maximum atomic E-state index is 12.9. The Balaban J connectivity index is 2.36. The Hall–Kier alpha value is -1.89. The van der Waals surface area contributed by atoms with Crippen LogP contribution >= 0.6 is 11.6 Å². The summed E-state index contributed by atoms with van der Waals surface area (Å²) in [6.07, 6.45) is -4.64. The lowest BCUT2D eigenvalue weighted by Crippen LogP contribution is -2.05. The summed E-state index contributed by atoms with van der Waals surface area (Å²) in [6, 6.07) is 3.40. The van der Waals surface area contributed by atoms with Crippen molar-refractivity contribution in [1.82, 2.24) is 4.98 Å². The van der Waals surface area contributed by atoms with Crippen LogP contribution in [0.2, 0.25) is 5.15 Å². The average molecular weight is 310 g/mol. The van der Waals surface area contributed by atoms with E-state index in [1.54, 1.807) is 0 Å². The first-order valence-corrected chi connectivity index (χ1v) is 5.50. The molecule has 106 valence electrons. The third-order valence-corrected chi connectivity index (χ3v) is 2.35. The quantitative estimate of drug-likeness (QED) is 0.586. The number of nitrogens with zero attached hydrogens (tertiary/aromatic N) is 1. The first-order valence-electron chi connectivity index (χ1n) is 5.13. The molecule has 20 heavy (non-hydrogen) atoms. The van der Waals surface area contributed by atoms with Gasteiger partial charge in [0, 0.05) is 24.3 Å². The molecule has 0 aliphatic heterocycles. The second-order valence-corrected chi connectivity index (χ2v) is 4.11. The van der Waals surface area contributed by atoms with E-state index in [9.17, 15) is 22.0 Å². The summed E-state index contributed by atoms with van der Waals surface area (Å²) >= 11 is 5.45. The smallest absolute Gasteiger partial charge is 0.416 e. The van der Waals surface area contributed by atoms with E-state index in [-0.39, 0.29) is 5.75 Å². The van der Waals surface area contributed by atoms with Crippen LogP contribution in [-0.2, 0) is 6.18 Å². The van der Waals surface area contributed by atoms with E-state index in [4.69, 9.17) is 16.3 Å². The Labute approximate surface area is 114 Å². The molecule has 0 radical (unpaired) electrons. The molecular weight excluding hydrogens is 305 g/mol. The molecule has 0 spiro atoms. The van der Waals surface area contributed by atoms with E-state index < -0.39 is 34.4 Å². The second-order valence-electron chi connectivity index (χ2n) is 3.72. The molecule has 8 heteroatoms. The van der Waals surface area contributed by atoms with Gasteiger partial charge in [-0.05, 0) is 6.07 Å². The van der Waals surface area contributed by atoms with Gasteiger partial charge >= 0.3 is 6.18 Å². The van der Waals surface area contributed by atoms with Gasteiger partial charge in [0.25, 0.3) is 0 Å². The minimum absolute atomic E-state index is 0.328. The molecule has 2 aromatic rings. The Kier molecular flexibility index (Phi) is 3.80. The molecule has 0 saturated heterocycles. The number of benzene rings is 1. The van der Waals surface area contributed by atoms with Gasteiger partial charge in [0.15, 0.2) is 0 Å². The van der Waals surface area contributed by atoms with Crippen molar-refractivity contribution in [2.75, 3.05) is 0 Å². The van der Waals surface area contributed by atoms with Crippen molar-refractivity contribution in [3.05, 3.63) is 52.7 Å². The number of rotatable bonds is 2. The van der Waals surface area contributed by atoms with E-state index in [0.717, 1.165) is 12.1 Å². The minimum Gasteiger partial charge on any atom is -0.439 e. The number of halogens is 6. The van der Waals surface area contributed by atoms with Crippen molar-refractivity contribution < 1.29 is 26.7 Å². The third-order valence-electron chi connectivity index (χ3n) is 2.16. The highest BCUT2D eigenvalue weighted by Gasteiger charge is 2.31. The maximum absolute atomic E-state index is 12.9. The summed E-state index contributed by atoms with van der Waals surface area (Å²) in [4.78, 5) is 3.50. The largest absolute Gasteiger partial charge is 0.439 e. The van der Waals surface area contributed by atoms with Gasteiger partial charge in [-0.2, -0.15) is 13.2 Å². The lowest BCUT2D eigenvalue weighted by Gasteiger charge is -2.10. The zero-order valence-corrected chi connectivity index (χ0v) is 10.3. The Bertz CT molecular complexity index is 624. The van der Waals surface area contributed by atoms with Crippen molar-refractivity contribution in [2.24, 2.45) is 0 Å². The monoisotopic (exact) mass is 309 g/mol. The molecule has 2 rings (SSSR count). The van der Waals surface area contributed by atoms with Crippen molar-refractivity contribution in [3.8, 4) is 11.6 Å². The zero-order chi connectivity index (χ0) is 14.9. The molecule has 0 amide bonds. The number of hydrogen-bond donors (Lipinski definition) is 0. The predicted molar refractivity (Wildman–Crippen MR) is 60.7 cm³/mol. The van der Waals surface area contributed by atoms with Crippen LogP contribution in [0.4, 0.5) is 22.0 Å². The lowest BCUT2D eigenvalue weighted by atomic mass is 10.2. The number of pyridine rings is 1. The van der Waals surface area contributed by atoms with Crippen LogP contribution in [0, 0.1) is 11.6 Å². The van der Waals surface area contributed by atoms with Crippen LogP contribution in [0.1, 0.15) is 5.56 Å². The van der Waals surface area contributed by atoms with Gasteiger partial charge in [-0.1, -0.05) is 11.6 Å². The van der Waals surface area contributed by atoms with Gasteiger partial charge in [-0.3, -0.25) is 0 Å². The highest BCUT2D eigenvalue weighted by atomic mass is 35.5. The topological polar surface area (TPSA) is 22.1 Å². The molecule has 0 saturated carbocycles. The molecule has 1 aromatic heterocycles. The fraction of sp³-hybridized carbons (Fsp3) is 0.0833. The standard InChI is InChI=1S/C12H5ClF5NO/c13-10-1-6(12(16,17)18)2-11(19-10)20-9-4-7(14)3-8(15)5-9/h1-5H. The highest BCUT2D eigenvalue weighted by Crippen LogP contribution is 2.33. The van der Waals surface area contributed by atoms with Crippen LogP contribution in [-0.4, -0.2) is 4.98 Å². The van der Waals surface area contributed by atoms with Gasteiger partial charge in [0.05, 0.1) is 5.56 Å². The van der Waals surface area contributed by atoms with Crippen molar-refractivity contribution in [3.63, 3.8) is 0 Å². The van der Waals surface area contributed by atoms with Gasteiger partial charge in [0.1, 0.15) is 22.5 Å². The van der Waals surface area contributed by atoms with E-state index >= 15 is 0 Å². The zero-order valence-electron chi connectivity index (χ0n) is 9.51. The summed E-state index contributed by atoms with van der Waals surface area (Å²) < 4.78 is 68.4. The van der Waals surface area contributed by atoms with E-state index in [1.807, 2.05) is 0 Å². The van der Waals surface area contributed by atoms with Crippen LogP contribution < -0.4 is 4.74 Å². The molecule has 1 heterocycles. The SMILES string of the molecule is Fc1cc(F)cc(Oc2cc(C(F)(F)F)cc(Cl)n2)c1. The Morgan fingerprint density at radius 3 is 2.10 bits per heavy atom. The molecule has 1 aromatic carbocycles. The number of hydrogen-bond acceptors (Lipinski definition) is 2. The molecule has 0 aliphatic rings. The average Bonchev–Trinajstić information content (AvgIpc) is 2.25. The predicted octanol–water partition coefficient (Wildman–Crippen LogP) is 4.82. The fourth-order valence-corrected chi connectivity index (χ4v) is 1.60. The number of aromatic nitrogens is 1. The first kappa shape index (κ1) is 14.5. The molecule has 0 aliphatic carbocycles. The van der Waals surface area contributed by atoms with E-state index in [0.29, 0.717) is 18.2 Å². The lowest BCUT2D eigenvalue weighted by molar-refractivity contribution is -0.137. The van der Waals surface area contributed by atoms with Crippen molar-refractivity contribution >= 4 is 11.6 Å². The summed E-state index contributed by atoms with van der Waals surface area (Å²) in [5.74, 6) is -2.71. The fourth-order valence-electron chi connectivity index (χ4n) is 1.40. The minimum atomic E-state index is -4.64. The maximum Gasteiger partial charge on any atom is 0.416 e. The number of alkyl halides is 3. The number of ether oxygens (including phenoxy) is 1. The first-order chi connectivity index (χ1) is 9.24. The van der Waals surface area contributed by atoms with Crippen LogP contribution in [0.5, 0.6) is 11.6 Å². The molecule has 2 nitrogen and oxygen atoms in total. The second kappa shape index (κ2) is 5.24. The van der Waals surface area contributed by atoms with Gasteiger partial charge < -0.3 is 4.74 Å². The molecule has 0 fully saturated rings. The third kappa shape index (κ3) is 3.57. The molecule has 0 N–H and O–H groups in total. The molecule has 0 unspecified atom stereocenters.